The minimum atomic E-state index is 0. The van der Waals surface area contributed by atoms with Crippen LogP contribution in [-0.4, -0.2) is 57.1 Å². The molecule has 0 radical (unpaired) electrons. The molecule has 0 amide bonds. The van der Waals surface area contributed by atoms with Crippen LogP contribution in [0.3, 0.4) is 0 Å². The number of nitrogens with zero attached hydrogens (tertiary/aromatic N) is 2. The molecule has 1 aromatic heterocycles. The van der Waals surface area contributed by atoms with E-state index >= 15 is 0 Å². The Morgan fingerprint density at radius 3 is 2.96 bits per heavy atom. The second kappa shape index (κ2) is 12.4. The first-order valence-corrected chi connectivity index (χ1v) is 9.55. The summed E-state index contributed by atoms with van der Waals surface area (Å²) < 4.78 is 16.8. The highest BCUT2D eigenvalue weighted by Crippen LogP contribution is 2.29. The molecule has 1 unspecified atom stereocenters. The van der Waals surface area contributed by atoms with E-state index in [0.717, 1.165) is 63.3 Å². The summed E-state index contributed by atoms with van der Waals surface area (Å²) in [5.74, 6) is 2.21. The van der Waals surface area contributed by atoms with Crippen molar-refractivity contribution < 1.29 is 14.2 Å². The highest BCUT2D eigenvalue weighted by atomic mass is 127. The predicted octanol–water partition coefficient (Wildman–Crippen LogP) is 2.35. The fourth-order valence-electron chi connectivity index (χ4n) is 2.71. The third-order valence-electron chi connectivity index (χ3n) is 4.50. The van der Waals surface area contributed by atoms with E-state index in [0.29, 0.717) is 12.4 Å². The standard InChI is InChI=1S/C19H30N4O3.HI/c1-20-19(22-7-2-9-25-17-6-10-24-14-17)23-12-16-5-8-21-18(11-16)26-13-15-3-4-15;/h5,8,11,15,17H,2-4,6-7,9-10,12-14H2,1H3,(H2,20,22,23);1H. The molecular formula is C19H31IN4O3. The number of hydrogen-bond donors (Lipinski definition) is 2. The van der Waals surface area contributed by atoms with Crippen LogP contribution in [-0.2, 0) is 16.0 Å². The van der Waals surface area contributed by atoms with Crippen molar-refractivity contribution in [2.24, 2.45) is 10.9 Å². The summed E-state index contributed by atoms with van der Waals surface area (Å²) in [6, 6.07) is 3.97. The van der Waals surface area contributed by atoms with Gasteiger partial charge < -0.3 is 24.8 Å². The molecule has 2 heterocycles. The van der Waals surface area contributed by atoms with Crippen molar-refractivity contribution in [1.29, 1.82) is 0 Å². The van der Waals surface area contributed by atoms with Crippen molar-refractivity contribution in [3.8, 4) is 5.88 Å². The van der Waals surface area contributed by atoms with Crippen LogP contribution >= 0.6 is 24.0 Å². The Labute approximate surface area is 178 Å². The van der Waals surface area contributed by atoms with Crippen molar-refractivity contribution >= 4 is 29.9 Å². The summed E-state index contributed by atoms with van der Waals surface area (Å²) in [5.41, 5.74) is 1.12. The van der Waals surface area contributed by atoms with Gasteiger partial charge in [0.25, 0.3) is 0 Å². The summed E-state index contributed by atoms with van der Waals surface area (Å²) in [7, 11) is 1.78. The summed E-state index contributed by atoms with van der Waals surface area (Å²) >= 11 is 0. The van der Waals surface area contributed by atoms with Gasteiger partial charge in [-0.3, -0.25) is 4.99 Å². The summed E-state index contributed by atoms with van der Waals surface area (Å²) in [6.07, 6.45) is 6.57. The minimum Gasteiger partial charge on any atom is -0.477 e. The molecule has 152 valence electrons. The summed E-state index contributed by atoms with van der Waals surface area (Å²) in [4.78, 5) is 8.53. The summed E-state index contributed by atoms with van der Waals surface area (Å²) in [6.45, 7) is 4.57. The van der Waals surface area contributed by atoms with E-state index in [1.807, 2.05) is 12.1 Å². The highest BCUT2D eigenvalue weighted by Gasteiger charge is 2.22. The van der Waals surface area contributed by atoms with E-state index in [9.17, 15) is 0 Å². The first-order chi connectivity index (χ1) is 12.8. The number of nitrogens with one attached hydrogen (secondary N) is 2. The number of pyridine rings is 1. The van der Waals surface area contributed by atoms with E-state index < -0.39 is 0 Å². The van der Waals surface area contributed by atoms with Crippen molar-refractivity contribution in [1.82, 2.24) is 15.6 Å². The molecule has 0 bridgehead atoms. The van der Waals surface area contributed by atoms with Gasteiger partial charge in [-0.2, -0.15) is 0 Å². The largest absolute Gasteiger partial charge is 0.477 e. The van der Waals surface area contributed by atoms with Gasteiger partial charge in [0.2, 0.25) is 5.88 Å². The molecule has 3 rings (SSSR count). The van der Waals surface area contributed by atoms with E-state index in [1.165, 1.54) is 12.8 Å². The Bertz CT molecular complexity index is 578. The number of hydrogen-bond acceptors (Lipinski definition) is 5. The fourth-order valence-corrected chi connectivity index (χ4v) is 2.71. The predicted molar refractivity (Wildman–Crippen MR) is 116 cm³/mol. The minimum absolute atomic E-state index is 0. The molecule has 27 heavy (non-hydrogen) atoms. The number of guanidine groups is 1. The lowest BCUT2D eigenvalue weighted by Gasteiger charge is -2.13. The molecule has 2 aliphatic rings. The van der Waals surface area contributed by atoms with Gasteiger partial charge in [-0.25, -0.2) is 4.98 Å². The van der Waals surface area contributed by atoms with Crippen molar-refractivity contribution in [2.45, 2.75) is 38.3 Å². The molecule has 2 N–H and O–H groups in total. The van der Waals surface area contributed by atoms with Crippen molar-refractivity contribution in [2.75, 3.05) is 40.0 Å². The maximum Gasteiger partial charge on any atom is 0.213 e. The molecular weight excluding hydrogens is 459 g/mol. The zero-order valence-electron chi connectivity index (χ0n) is 16.0. The molecule has 1 aliphatic heterocycles. The van der Waals surface area contributed by atoms with Gasteiger partial charge >= 0.3 is 0 Å². The molecule has 7 nitrogen and oxygen atoms in total. The molecule has 0 aromatic carbocycles. The van der Waals surface area contributed by atoms with Crippen LogP contribution in [0.5, 0.6) is 5.88 Å². The van der Waals surface area contributed by atoms with E-state index in [4.69, 9.17) is 14.2 Å². The van der Waals surface area contributed by atoms with Gasteiger partial charge in [0, 0.05) is 45.6 Å². The van der Waals surface area contributed by atoms with Gasteiger partial charge in [0.05, 0.1) is 19.3 Å². The molecule has 1 atom stereocenters. The van der Waals surface area contributed by atoms with Gasteiger partial charge in [0.1, 0.15) is 0 Å². The van der Waals surface area contributed by atoms with Crippen LogP contribution in [0.1, 0.15) is 31.2 Å². The van der Waals surface area contributed by atoms with Gasteiger partial charge in [-0.1, -0.05) is 0 Å². The maximum absolute atomic E-state index is 5.76. The molecule has 0 spiro atoms. The first kappa shape index (κ1) is 22.2. The highest BCUT2D eigenvalue weighted by molar-refractivity contribution is 14.0. The Balaban J connectivity index is 0.00000261. The first-order valence-electron chi connectivity index (χ1n) is 9.55. The monoisotopic (exact) mass is 490 g/mol. The lowest BCUT2D eigenvalue weighted by atomic mass is 10.2. The topological polar surface area (TPSA) is 77.0 Å². The van der Waals surface area contributed by atoms with Crippen LogP contribution in [0.4, 0.5) is 0 Å². The molecule has 1 aliphatic carbocycles. The fraction of sp³-hybridized carbons (Fsp3) is 0.684. The van der Waals surface area contributed by atoms with Gasteiger partial charge in [-0.15, -0.1) is 24.0 Å². The second-order valence-corrected chi connectivity index (χ2v) is 6.82. The third-order valence-corrected chi connectivity index (χ3v) is 4.50. The average Bonchev–Trinajstić information content (AvgIpc) is 3.36. The van der Waals surface area contributed by atoms with E-state index in [-0.39, 0.29) is 30.1 Å². The molecule has 1 saturated heterocycles. The number of rotatable bonds is 10. The maximum atomic E-state index is 5.76. The van der Waals surface area contributed by atoms with Gasteiger partial charge in [0.15, 0.2) is 5.96 Å². The quantitative estimate of drug-likeness (QED) is 0.227. The van der Waals surface area contributed by atoms with Crippen molar-refractivity contribution in [3.05, 3.63) is 23.9 Å². The van der Waals surface area contributed by atoms with Crippen LogP contribution in [0, 0.1) is 5.92 Å². The smallest absolute Gasteiger partial charge is 0.213 e. The number of halogens is 1. The van der Waals surface area contributed by atoms with Gasteiger partial charge in [-0.05, 0) is 43.2 Å². The number of ether oxygens (including phenoxy) is 3. The third kappa shape index (κ3) is 8.61. The molecule has 1 saturated carbocycles. The average molecular weight is 490 g/mol. The second-order valence-electron chi connectivity index (χ2n) is 6.82. The van der Waals surface area contributed by atoms with Crippen LogP contribution < -0.4 is 15.4 Å². The Hall–Kier alpha value is -1.13. The Morgan fingerprint density at radius 2 is 2.22 bits per heavy atom. The van der Waals surface area contributed by atoms with E-state index in [1.54, 1.807) is 13.2 Å². The lowest BCUT2D eigenvalue weighted by Crippen LogP contribution is -2.37. The van der Waals surface area contributed by atoms with Crippen LogP contribution in [0.15, 0.2) is 23.3 Å². The number of aliphatic imine (C=N–C) groups is 1. The Kier molecular flexibility index (Phi) is 10.1. The van der Waals surface area contributed by atoms with Crippen LogP contribution in [0.25, 0.3) is 0 Å². The number of aromatic nitrogens is 1. The summed E-state index contributed by atoms with van der Waals surface area (Å²) in [5, 5.41) is 6.63. The zero-order valence-corrected chi connectivity index (χ0v) is 18.3. The lowest BCUT2D eigenvalue weighted by molar-refractivity contribution is 0.0420. The zero-order chi connectivity index (χ0) is 18.0. The van der Waals surface area contributed by atoms with Crippen molar-refractivity contribution in [3.63, 3.8) is 0 Å². The molecule has 1 aromatic rings. The molecule has 8 heteroatoms. The Morgan fingerprint density at radius 1 is 1.33 bits per heavy atom. The normalized spacial score (nSPS) is 19.4. The van der Waals surface area contributed by atoms with Crippen LogP contribution in [0.2, 0.25) is 0 Å². The molecule has 2 fully saturated rings. The van der Waals surface area contributed by atoms with E-state index in [2.05, 4.69) is 20.6 Å². The SMILES string of the molecule is CN=C(NCCCOC1CCOC1)NCc1ccnc(OCC2CC2)c1.I.